The summed E-state index contributed by atoms with van der Waals surface area (Å²) in [5.74, 6) is 0.575. The Bertz CT molecular complexity index is 351. The topological polar surface area (TPSA) is 72.9 Å². The lowest BCUT2D eigenvalue weighted by molar-refractivity contribution is 0.0911. The summed E-state index contributed by atoms with van der Waals surface area (Å²) in [4.78, 5) is 2.11. The van der Waals surface area contributed by atoms with E-state index in [1.165, 1.54) is 10.6 Å². The van der Waals surface area contributed by atoms with E-state index >= 15 is 0 Å². The minimum absolute atomic E-state index is 0.400. The van der Waals surface area contributed by atoms with Crippen LogP contribution in [0.25, 0.3) is 0 Å². The molecule has 0 aromatic carbocycles. The summed E-state index contributed by atoms with van der Waals surface area (Å²) in [6.07, 6.45) is 0.844. The molecule has 1 aliphatic heterocycles. The van der Waals surface area contributed by atoms with Crippen LogP contribution in [-0.2, 0) is 10.0 Å². The molecule has 1 unspecified atom stereocenters. The number of nitrogens with zero attached hydrogens (tertiary/aromatic N) is 2. The van der Waals surface area contributed by atoms with Crippen molar-refractivity contribution in [3.63, 3.8) is 0 Å². The molecule has 0 saturated carbocycles. The van der Waals surface area contributed by atoms with Gasteiger partial charge in [0.25, 0.3) is 0 Å². The van der Waals surface area contributed by atoms with Crippen molar-refractivity contribution in [2.45, 2.75) is 20.0 Å². The molecule has 0 bridgehead atoms. The van der Waals surface area contributed by atoms with Crippen LogP contribution in [0.5, 0.6) is 0 Å². The van der Waals surface area contributed by atoms with Gasteiger partial charge in [0.2, 0.25) is 10.0 Å². The van der Waals surface area contributed by atoms with Crippen molar-refractivity contribution in [3.8, 4) is 0 Å². The molecule has 1 rings (SSSR count). The summed E-state index contributed by atoms with van der Waals surface area (Å²) < 4.78 is 24.2. The summed E-state index contributed by atoms with van der Waals surface area (Å²) >= 11 is 0. The normalized spacial score (nSPS) is 20.9. The summed E-state index contributed by atoms with van der Waals surface area (Å²) in [5, 5.41) is 13.1. The maximum absolute atomic E-state index is 11.4. The SMILES string of the molecule is CC(C)CNCC(O)CN1CCN(S(C)(=O)=O)CC1. The maximum atomic E-state index is 11.4. The van der Waals surface area contributed by atoms with Gasteiger partial charge in [-0.2, -0.15) is 4.31 Å². The van der Waals surface area contributed by atoms with Crippen molar-refractivity contribution in [1.82, 2.24) is 14.5 Å². The Morgan fingerprint density at radius 3 is 2.21 bits per heavy atom. The van der Waals surface area contributed by atoms with E-state index in [0.717, 1.165) is 6.54 Å². The van der Waals surface area contributed by atoms with Crippen LogP contribution in [0.2, 0.25) is 0 Å². The van der Waals surface area contributed by atoms with Gasteiger partial charge >= 0.3 is 0 Å². The fourth-order valence-corrected chi connectivity index (χ4v) is 2.97. The second kappa shape index (κ2) is 7.54. The predicted molar refractivity (Wildman–Crippen MR) is 76.6 cm³/mol. The van der Waals surface area contributed by atoms with Crippen molar-refractivity contribution in [2.24, 2.45) is 5.92 Å². The van der Waals surface area contributed by atoms with Gasteiger partial charge in [-0.1, -0.05) is 13.8 Å². The molecule has 1 fully saturated rings. The Balaban J connectivity index is 2.21. The van der Waals surface area contributed by atoms with Crippen LogP contribution < -0.4 is 5.32 Å². The minimum atomic E-state index is -3.07. The van der Waals surface area contributed by atoms with Gasteiger partial charge in [-0.15, -0.1) is 0 Å². The van der Waals surface area contributed by atoms with E-state index in [-0.39, 0.29) is 0 Å². The highest BCUT2D eigenvalue weighted by Gasteiger charge is 2.24. The molecule has 1 saturated heterocycles. The first-order chi connectivity index (χ1) is 8.79. The number of aliphatic hydroxyl groups excluding tert-OH is 1. The molecule has 1 aliphatic rings. The number of rotatable bonds is 7. The molecule has 0 aliphatic carbocycles. The van der Waals surface area contributed by atoms with Gasteiger partial charge in [0.05, 0.1) is 12.4 Å². The lowest BCUT2D eigenvalue weighted by Gasteiger charge is -2.34. The number of hydrogen-bond donors (Lipinski definition) is 2. The number of sulfonamides is 1. The number of piperazine rings is 1. The van der Waals surface area contributed by atoms with Gasteiger partial charge in [-0.25, -0.2) is 8.42 Å². The molecule has 2 N–H and O–H groups in total. The molecule has 19 heavy (non-hydrogen) atoms. The van der Waals surface area contributed by atoms with E-state index in [0.29, 0.717) is 45.2 Å². The largest absolute Gasteiger partial charge is 0.390 e. The summed E-state index contributed by atoms with van der Waals surface area (Å²) in [7, 11) is -3.07. The van der Waals surface area contributed by atoms with Gasteiger partial charge in [0.15, 0.2) is 0 Å². The monoisotopic (exact) mass is 293 g/mol. The van der Waals surface area contributed by atoms with Crippen molar-refractivity contribution in [1.29, 1.82) is 0 Å². The molecular weight excluding hydrogens is 266 g/mol. The van der Waals surface area contributed by atoms with Crippen LogP contribution >= 0.6 is 0 Å². The van der Waals surface area contributed by atoms with Crippen molar-refractivity contribution in [3.05, 3.63) is 0 Å². The first-order valence-electron chi connectivity index (χ1n) is 6.85. The standard InChI is InChI=1S/C12H27N3O3S/c1-11(2)8-13-9-12(16)10-14-4-6-15(7-5-14)19(3,17)18/h11-13,16H,4-10H2,1-3H3. The second-order valence-corrected chi connectivity index (χ2v) is 7.65. The first-order valence-corrected chi connectivity index (χ1v) is 8.70. The van der Waals surface area contributed by atoms with E-state index in [1.807, 2.05) is 0 Å². The van der Waals surface area contributed by atoms with Crippen LogP contribution in [0.3, 0.4) is 0 Å². The van der Waals surface area contributed by atoms with Crippen molar-refractivity contribution >= 4 is 10.0 Å². The molecule has 114 valence electrons. The van der Waals surface area contributed by atoms with Gasteiger partial charge in [-0.05, 0) is 12.5 Å². The second-order valence-electron chi connectivity index (χ2n) is 5.67. The number of nitrogens with one attached hydrogen (secondary N) is 1. The Hall–Kier alpha value is -0.210. The lowest BCUT2D eigenvalue weighted by Crippen LogP contribution is -2.51. The van der Waals surface area contributed by atoms with E-state index in [9.17, 15) is 13.5 Å². The van der Waals surface area contributed by atoms with E-state index in [2.05, 4.69) is 24.1 Å². The predicted octanol–water partition coefficient (Wildman–Crippen LogP) is -0.830. The Morgan fingerprint density at radius 2 is 1.74 bits per heavy atom. The van der Waals surface area contributed by atoms with Crippen LogP contribution in [-0.4, -0.2) is 80.9 Å². The third kappa shape index (κ3) is 6.67. The van der Waals surface area contributed by atoms with Gasteiger partial charge in [0.1, 0.15) is 0 Å². The summed E-state index contributed by atoms with van der Waals surface area (Å²) in [5.41, 5.74) is 0. The number of β-amino-alcohol motifs (C(OH)–C–C–N with tert-alkyl or cyclic N) is 1. The van der Waals surface area contributed by atoms with Crippen LogP contribution in [0.4, 0.5) is 0 Å². The quantitative estimate of drug-likeness (QED) is 0.641. The number of aliphatic hydroxyl groups is 1. The van der Waals surface area contributed by atoms with Crippen LogP contribution in [0.15, 0.2) is 0 Å². The first kappa shape index (κ1) is 16.8. The van der Waals surface area contributed by atoms with Crippen LogP contribution in [0.1, 0.15) is 13.8 Å². The van der Waals surface area contributed by atoms with Crippen molar-refractivity contribution < 1.29 is 13.5 Å². The maximum Gasteiger partial charge on any atom is 0.211 e. The third-order valence-corrected chi connectivity index (χ3v) is 4.50. The Labute approximate surface area is 116 Å². The molecular formula is C12H27N3O3S. The van der Waals surface area contributed by atoms with E-state index in [4.69, 9.17) is 0 Å². The average molecular weight is 293 g/mol. The Morgan fingerprint density at radius 1 is 1.16 bits per heavy atom. The number of hydrogen-bond acceptors (Lipinski definition) is 5. The molecule has 0 radical (unpaired) electrons. The highest BCUT2D eigenvalue weighted by molar-refractivity contribution is 7.88. The lowest BCUT2D eigenvalue weighted by atomic mass is 10.2. The molecule has 0 spiro atoms. The van der Waals surface area contributed by atoms with Gasteiger partial charge in [-0.3, -0.25) is 4.90 Å². The molecule has 1 heterocycles. The molecule has 0 aromatic heterocycles. The third-order valence-electron chi connectivity index (χ3n) is 3.20. The zero-order valence-corrected chi connectivity index (χ0v) is 13.0. The van der Waals surface area contributed by atoms with E-state index in [1.54, 1.807) is 0 Å². The zero-order valence-electron chi connectivity index (χ0n) is 12.2. The molecule has 0 aromatic rings. The Kier molecular flexibility index (Phi) is 6.68. The highest BCUT2D eigenvalue weighted by Crippen LogP contribution is 2.06. The minimum Gasteiger partial charge on any atom is -0.390 e. The fraction of sp³-hybridized carbons (Fsp3) is 1.00. The van der Waals surface area contributed by atoms with Crippen LogP contribution in [0, 0.1) is 5.92 Å². The van der Waals surface area contributed by atoms with Gasteiger partial charge < -0.3 is 10.4 Å². The molecule has 7 heteroatoms. The molecule has 6 nitrogen and oxygen atoms in total. The molecule has 0 amide bonds. The summed E-state index contributed by atoms with van der Waals surface area (Å²) in [6, 6.07) is 0. The van der Waals surface area contributed by atoms with Gasteiger partial charge in [0, 0.05) is 39.3 Å². The molecule has 1 atom stereocenters. The van der Waals surface area contributed by atoms with E-state index < -0.39 is 16.1 Å². The fourth-order valence-electron chi connectivity index (χ4n) is 2.14. The zero-order chi connectivity index (χ0) is 14.5. The highest BCUT2D eigenvalue weighted by atomic mass is 32.2. The van der Waals surface area contributed by atoms with Crippen molar-refractivity contribution in [2.75, 3.05) is 52.1 Å². The average Bonchev–Trinajstić information content (AvgIpc) is 2.27. The summed E-state index contributed by atoms with van der Waals surface area (Å²) in [6.45, 7) is 8.76. The smallest absolute Gasteiger partial charge is 0.211 e.